The first-order chi connectivity index (χ1) is 10.8. The number of hydrogen-bond acceptors (Lipinski definition) is 5. The van der Waals surface area contributed by atoms with Crippen molar-refractivity contribution in [2.24, 2.45) is 0 Å². The van der Waals surface area contributed by atoms with Crippen molar-refractivity contribution < 1.29 is 5.11 Å². The van der Waals surface area contributed by atoms with Gasteiger partial charge in [-0.15, -0.1) is 11.3 Å². The lowest BCUT2D eigenvalue weighted by atomic mass is 10.2. The van der Waals surface area contributed by atoms with E-state index >= 15 is 0 Å². The third-order valence-corrected chi connectivity index (χ3v) is 5.07. The number of pyridine rings is 1. The number of hydrogen-bond donors (Lipinski definition) is 1. The number of rotatable bonds is 3. The molecule has 1 fully saturated rings. The van der Waals surface area contributed by atoms with Crippen molar-refractivity contribution in [3.05, 3.63) is 42.1 Å². The lowest BCUT2D eigenvalue weighted by Crippen LogP contribution is -2.18. The van der Waals surface area contributed by atoms with E-state index in [4.69, 9.17) is 0 Å². The summed E-state index contributed by atoms with van der Waals surface area (Å²) < 4.78 is 1.15. The van der Waals surface area contributed by atoms with Crippen LogP contribution in [0.15, 0.2) is 36.5 Å². The van der Waals surface area contributed by atoms with Crippen LogP contribution in [0, 0.1) is 0 Å². The van der Waals surface area contributed by atoms with Crippen LogP contribution in [0.2, 0.25) is 0 Å². The second-order valence-electron chi connectivity index (χ2n) is 5.68. The highest BCUT2D eigenvalue weighted by molar-refractivity contribution is 7.21. The van der Waals surface area contributed by atoms with Crippen LogP contribution in [0.3, 0.4) is 0 Å². The molecule has 3 aromatic rings. The Morgan fingerprint density at radius 3 is 2.86 bits per heavy atom. The zero-order valence-corrected chi connectivity index (χ0v) is 13.0. The predicted molar refractivity (Wildman–Crippen MR) is 89.0 cm³/mol. The molecule has 1 aliphatic rings. The molecule has 0 aliphatic carbocycles. The molecule has 2 aromatic heterocycles. The Morgan fingerprint density at radius 2 is 2.05 bits per heavy atom. The van der Waals surface area contributed by atoms with Gasteiger partial charge in [0.05, 0.1) is 10.2 Å². The smallest absolute Gasteiger partial charge is 0.146 e. The van der Waals surface area contributed by atoms with Crippen molar-refractivity contribution in [3.8, 4) is 16.5 Å². The Bertz CT molecular complexity index is 809. The third-order valence-electron chi connectivity index (χ3n) is 4.05. The first kappa shape index (κ1) is 13.7. The molecular formula is C17H17N3OS. The maximum atomic E-state index is 9.93. The minimum Gasteiger partial charge on any atom is -0.506 e. The SMILES string of the molecule is Oc1cccnc1-c1nc2ccc(CN3CCCC3)cc2s1. The molecule has 4 nitrogen and oxygen atoms in total. The zero-order valence-electron chi connectivity index (χ0n) is 12.2. The molecule has 0 atom stereocenters. The van der Waals surface area contributed by atoms with Gasteiger partial charge in [0.1, 0.15) is 16.5 Å². The fraction of sp³-hybridized carbons (Fsp3) is 0.294. The summed E-state index contributed by atoms with van der Waals surface area (Å²) in [5.74, 6) is 0.179. The van der Waals surface area contributed by atoms with Crippen LogP contribution in [0.4, 0.5) is 0 Å². The zero-order chi connectivity index (χ0) is 14.9. The topological polar surface area (TPSA) is 49.3 Å². The number of aromatic nitrogens is 2. The monoisotopic (exact) mass is 311 g/mol. The van der Waals surface area contributed by atoms with E-state index in [1.54, 1.807) is 29.7 Å². The van der Waals surface area contributed by atoms with Crippen molar-refractivity contribution in [2.75, 3.05) is 13.1 Å². The van der Waals surface area contributed by atoms with E-state index in [1.807, 2.05) is 0 Å². The normalized spacial score (nSPS) is 15.6. The van der Waals surface area contributed by atoms with Gasteiger partial charge in [0.25, 0.3) is 0 Å². The highest BCUT2D eigenvalue weighted by Gasteiger charge is 2.14. The molecule has 0 amide bonds. The number of likely N-dealkylation sites (tertiary alicyclic amines) is 1. The van der Waals surface area contributed by atoms with Crippen LogP contribution in [0.5, 0.6) is 5.75 Å². The first-order valence-electron chi connectivity index (χ1n) is 7.56. The third kappa shape index (κ3) is 2.58. The lowest BCUT2D eigenvalue weighted by molar-refractivity contribution is 0.331. The Kier molecular flexibility index (Phi) is 3.52. The Balaban J connectivity index is 1.67. The molecule has 3 heterocycles. The molecule has 0 saturated carbocycles. The highest BCUT2D eigenvalue weighted by Crippen LogP contribution is 2.34. The van der Waals surface area contributed by atoms with Crippen molar-refractivity contribution in [1.29, 1.82) is 0 Å². The van der Waals surface area contributed by atoms with E-state index in [2.05, 4.69) is 33.1 Å². The largest absolute Gasteiger partial charge is 0.506 e. The average molecular weight is 311 g/mol. The summed E-state index contributed by atoms with van der Waals surface area (Å²) in [6, 6.07) is 9.81. The minimum absolute atomic E-state index is 0.179. The molecule has 0 spiro atoms. The van der Waals surface area contributed by atoms with Crippen molar-refractivity contribution >= 4 is 21.6 Å². The number of nitrogens with zero attached hydrogens (tertiary/aromatic N) is 3. The van der Waals surface area contributed by atoms with Gasteiger partial charge in [0, 0.05) is 12.7 Å². The maximum Gasteiger partial charge on any atom is 0.146 e. The van der Waals surface area contributed by atoms with Gasteiger partial charge in [-0.05, 0) is 55.8 Å². The van der Waals surface area contributed by atoms with E-state index < -0.39 is 0 Å². The molecule has 4 rings (SSSR count). The Labute approximate surface area is 133 Å². The molecule has 0 unspecified atom stereocenters. The van der Waals surface area contributed by atoms with Crippen molar-refractivity contribution in [3.63, 3.8) is 0 Å². The van der Waals surface area contributed by atoms with Crippen molar-refractivity contribution in [2.45, 2.75) is 19.4 Å². The van der Waals surface area contributed by atoms with Crippen LogP contribution >= 0.6 is 11.3 Å². The van der Waals surface area contributed by atoms with Gasteiger partial charge >= 0.3 is 0 Å². The number of fused-ring (bicyclic) bond motifs is 1. The molecule has 0 radical (unpaired) electrons. The summed E-state index contributed by atoms with van der Waals surface area (Å²) in [6.07, 6.45) is 4.30. The molecule has 112 valence electrons. The molecule has 1 aliphatic heterocycles. The maximum absolute atomic E-state index is 9.93. The summed E-state index contributed by atoms with van der Waals surface area (Å²) in [4.78, 5) is 11.3. The predicted octanol–water partition coefficient (Wildman–Crippen LogP) is 3.66. The Morgan fingerprint density at radius 1 is 1.18 bits per heavy atom. The van der Waals surface area contributed by atoms with Gasteiger partial charge in [-0.25, -0.2) is 9.97 Å². The lowest BCUT2D eigenvalue weighted by Gasteiger charge is -2.14. The highest BCUT2D eigenvalue weighted by atomic mass is 32.1. The molecule has 5 heteroatoms. The minimum atomic E-state index is 0.179. The Hall–Kier alpha value is -1.98. The molecule has 22 heavy (non-hydrogen) atoms. The molecule has 1 N–H and O–H groups in total. The number of benzene rings is 1. The van der Waals surface area contributed by atoms with Gasteiger partial charge in [0.15, 0.2) is 0 Å². The average Bonchev–Trinajstić information content (AvgIpc) is 3.16. The molecular weight excluding hydrogens is 294 g/mol. The van der Waals surface area contributed by atoms with Gasteiger partial charge in [-0.3, -0.25) is 4.90 Å². The standard InChI is InChI=1S/C17H17N3OS/c21-14-4-3-7-18-16(14)17-19-13-6-5-12(10-15(13)22-17)11-20-8-1-2-9-20/h3-7,10,21H,1-2,8-9,11H2. The van der Waals surface area contributed by atoms with Gasteiger partial charge < -0.3 is 5.11 Å². The summed E-state index contributed by atoms with van der Waals surface area (Å²) in [7, 11) is 0. The fourth-order valence-electron chi connectivity index (χ4n) is 2.93. The quantitative estimate of drug-likeness (QED) is 0.802. The molecule has 0 bridgehead atoms. The van der Waals surface area contributed by atoms with Gasteiger partial charge in [-0.2, -0.15) is 0 Å². The van der Waals surface area contributed by atoms with Crippen molar-refractivity contribution in [1.82, 2.24) is 14.9 Å². The molecule has 1 aromatic carbocycles. The summed E-state index contributed by atoms with van der Waals surface area (Å²) in [5.41, 5.74) is 2.86. The van der Waals surface area contributed by atoms with E-state index in [9.17, 15) is 5.11 Å². The second-order valence-corrected chi connectivity index (χ2v) is 6.71. The van der Waals surface area contributed by atoms with Gasteiger partial charge in [-0.1, -0.05) is 6.07 Å². The van der Waals surface area contributed by atoms with E-state index in [0.29, 0.717) is 5.69 Å². The van der Waals surface area contributed by atoms with Gasteiger partial charge in [0.2, 0.25) is 0 Å². The van der Waals surface area contributed by atoms with E-state index in [1.165, 1.54) is 31.5 Å². The van der Waals surface area contributed by atoms with Crippen LogP contribution in [0.25, 0.3) is 20.9 Å². The van der Waals surface area contributed by atoms with Crippen LogP contribution in [-0.4, -0.2) is 33.1 Å². The summed E-state index contributed by atoms with van der Waals surface area (Å²) in [6.45, 7) is 3.42. The summed E-state index contributed by atoms with van der Waals surface area (Å²) in [5, 5.41) is 10.7. The molecule has 1 saturated heterocycles. The van der Waals surface area contributed by atoms with E-state index in [0.717, 1.165) is 21.8 Å². The number of aromatic hydroxyl groups is 1. The van der Waals surface area contributed by atoms with Crippen LogP contribution in [-0.2, 0) is 6.54 Å². The van der Waals surface area contributed by atoms with E-state index in [-0.39, 0.29) is 5.75 Å². The second kappa shape index (κ2) is 5.66. The fourth-order valence-corrected chi connectivity index (χ4v) is 3.96. The van der Waals surface area contributed by atoms with Crippen LogP contribution < -0.4 is 0 Å². The first-order valence-corrected chi connectivity index (χ1v) is 8.37. The number of thiazole rings is 1. The summed E-state index contributed by atoms with van der Waals surface area (Å²) >= 11 is 1.58. The van der Waals surface area contributed by atoms with Crippen LogP contribution in [0.1, 0.15) is 18.4 Å².